The normalized spacial score (nSPS) is 13.2. The standard InChI is InChI=1S/C16H21N3OS/c1-9-8-21-16-18-12(4)15(19(9)16)7-17-11(3)14-6-10(2)20-13(14)5/h6,8,11,17H,7H2,1-5H3. The molecule has 0 spiro atoms. The van der Waals surface area contributed by atoms with Gasteiger partial charge in [-0.2, -0.15) is 0 Å². The molecule has 0 saturated heterocycles. The Morgan fingerprint density at radius 2 is 2.10 bits per heavy atom. The van der Waals surface area contributed by atoms with Gasteiger partial charge in [0.1, 0.15) is 11.5 Å². The Hall–Kier alpha value is -1.59. The minimum Gasteiger partial charge on any atom is -0.466 e. The van der Waals surface area contributed by atoms with E-state index in [1.807, 2.05) is 13.8 Å². The molecule has 3 rings (SSSR count). The van der Waals surface area contributed by atoms with Gasteiger partial charge in [0.2, 0.25) is 0 Å². The number of furan rings is 1. The molecular formula is C16H21N3OS. The van der Waals surface area contributed by atoms with Crippen molar-refractivity contribution in [2.24, 2.45) is 0 Å². The molecular weight excluding hydrogens is 282 g/mol. The predicted molar refractivity (Wildman–Crippen MR) is 86.0 cm³/mol. The van der Waals surface area contributed by atoms with Crippen molar-refractivity contribution in [1.82, 2.24) is 14.7 Å². The zero-order valence-corrected chi connectivity index (χ0v) is 14.0. The molecule has 0 fully saturated rings. The van der Waals surface area contributed by atoms with Crippen LogP contribution in [0.25, 0.3) is 4.96 Å². The molecule has 0 radical (unpaired) electrons. The quantitative estimate of drug-likeness (QED) is 0.790. The smallest absolute Gasteiger partial charge is 0.194 e. The van der Waals surface area contributed by atoms with Crippen molar-refractivity contribution in [3.63, 3.8) is 0 Å². The molecule has 0 saturated carbocycles. The lowest BCUT2D eigenvalue weighted by molar-refractivity contribution is 0.488. The summed E-state index contributed by atoms with van der Waals surface area (Å²) in [5.41, 5.74) is 4.82. The van der Waals surface area contributed by atoms with E-state index in [4.69, 9.17) is 4.42 Å². The van der Waals surface area contributed by atoms with Crippen molar-refractivity contribution in [1.29, 1.82) is 0 Å². The van der Waals surface area contributed by atoms with Crippen LogP contribution in [-0.4, -0.2) is 9.38 Å². The topological polar surface area (TPSA) is 42.5 Å². The zero-order valence-electron chi connectivity index (χ0n) is 13.2. The van der Waals surface area contributed by atoms with Crippen molar-refractivity contribution in [2.45, 2.75) is 47.2 Å². The van der Waals surface area contributed by atoms with Gasteiger partial charge in [0.25, 0.3) is 0 Å². The first-order valence-electron chi connectivity index (χ1n) is 7.19. The molecule has 0 bridgehead atoms. The highest BCUT2D eigenvalue weighted by molar-refractivity contribution is 7.15. The van der Waals surface area contributed by atoms with E-state index in [-0.39, 0.29) is 6.04 Å². The fraction of sp³-hybridized carbons (Fsp3) is 0.438. The molecule has 1 atom stereocenters. The molecule has 0 amide bonds. The highest BCUT2D eigenvalue weighted by atomic mass is 32.1. The molecule has 5 heteroatoms. The van der Waals surface area contributed by atoms with Crippen LogP contribution in [0.3, 0.4) is 0 Å². The highest BCUT2D eigenvalue weighted by Gasteiger charge is 2.16. The third-order valence-corrected chi connectivity index (χ3v) is 4.90. The predicted octanol–water partition coefficient (Wildman–Crippen LogP) is 4.07. The lowest BCUT2D eigenvalue weighted by atomic mass is 10.1. The summed E-state index contributed by atoms with van der Waals surface area (Å²) in [6.45, 7) is 11.2. The van der Waals surface area contributed by atoms with Crippen LogP contribution >= 0.6 is 11.3 Å². The Morgan fingerprint density at radius 3 is 2.76 bits per heavy atom. The number of aryl methyl sites for hydroxylation is 4. The number of rotatable bonds is 4. The summed E-state index contributed by atoms with van der Waals surface area (Å²) in [6.07, 6.45) is 0. The molecule has 3 aromatic rings. The van der Waals surface area contributed by atoms with Crippen LogP contribution in [0, 0.1) is 27.7 Å². The van der Waals surface area contributed by atoms with Gasteiger partial charge in [-0.3, -0.25) is 4.40 Å². The molecule has 3 aromatic heterocycles. The van der Waals surface area contributed by atoms with Gasteiger partial charge in [0.05, 0.1) is 11.4 Å². The molecule has 0 aromatic carbocycles. The zero-order chi connectivity index (χ0) is 15.1. The van der Waals surface area contributed by atoms with Gasteiger partial charge in [-0.1, -0.05) is 0 Å². The maximum atomic E-state index is 5.62. The summed E-state index contributed by atoms with van der Waals surface area (Å²) in [4.78, 5) is 5.70. The Morgan fingerprint density at radius 1 is 1.33 bits per heavy atom. The van der Waals surface area contributed by atoms with Crippen LogP contribution in [0.4, 0.5) is 0 Å². The van der Waals surface area contributed by atoms with Crippen LogP contribution in [0.15, 0.2) is 15.9 Å². The third-order valence-electron chi connectivity index (χ3n) is 3.95. The van der Waals surface area contributed by atoms with Gasteiger partial charge in [0.15, 0.2) is 4.96 Å². The van der Waals surface area contributed by atoms with Crippen molar-refractivity contribution >= 4 is 16.3 Å². The SMILES string of the molecule is Cc1cc(C(C)NCc2c(C)nc3scc(C)n23)c(C)o1. The minimum absolute atomic E-state index is 0.256. The molecule has 1 unspecified atom stereocenters. The maximum absolute atomic E-state index is 5.62. The van der Waals surface area contributed by atoms with Crippen LogP contribution < -0.4 is 5.32 Å². The van der Waals surface area contributed by atoms with Crippen molar-refractivity contribution in [3.05, 3.63) is 45.6 Å². The summed E-state index contributed by atoms with van der Waals surface area (Å²) >= 11 is 1.69. The van der Waals surface area contributed by atoms with Crippen molar-refractivity contribution < 1.29 is 4.42 Å². The lowest BCUT2D eigenvalue weighted by Gasteiger charge is -2.13. The minimum atomic E-state index is 0.256. The summed E-state index contributed by atoms with van der Waals surface area (Å²) in [5.74, 6) is 1.96. The second-order valence-corrected chi connectivity index (χ2v) is 6.45. The summed E-state index contributed by atoms with van der Waals surface area (Å²) < 4.78 is 7.86. The van der Waals surface area contributed by atoms with E-state index in [9.17, 15) is 0 Å². The molecule has 3 heterocycles. The summed E-state index contributed by atoms with van der Waals surface area (Å²) in [7, 11) is 0. The molecule has 0 aliphatic rings. The number of fused-ring (bicyclic) bond motifs is 1. The second kappa shape index (κ2) is 5.31. The summed E-state index contributed by atoms with van der Waals surface area (Å²) in [5, 5.41) is 5.74. The molecule has 0 aliphatic heterocycles. The third kappa shape index (κ3) is 2.51. The van der Waals surface area contributed by atoms with E-state index in [0.29, 0.717) is 0 Å². The van der Waals surface area contributed by atoms with Gasteiger partial charge >= 0.3 is 0 Å². The van der Waals surface area contributed by atoms with Crippen LogP contribution in [0.2, 0.25) is 0 Å². The van der Waals surface area contributed by atoms with Crippen LogP contribution in [-0.2, 0) is 6.54 Å². The van der Waals surface area contributed by atoms with Gasteiger partial charge in [-0.15, -0.1) is 11.3 Å². The average Bonchev–Trinajstić information content (AvgIpc) is 3.03. The van der Waals surface area contributed by atoms with Crippen molar-refractivity contribution in [3.8, 4) is 0 Å². The first kappa shape index (κ1) is 14.4. The molecule has 4 nitrogen and oxygen atoms in total. The number of nitrogens with zero attached hydrogens (tertiary/aromatic N) is 2. The monoisotopic (exact) mass is 303 g/mol. The van der Waals surface area contributed by atoms with Gasteiger partial charge in [-0.05, 0) is 40.7 Å². The van der Waals surface area contributed by atoms with Gasteiger partial charge < -0.3 is 9.73 Å². The van der Waals surface area contributed by atoms with E-state index >= 15 is 0 Å². The van der Waals surface area contributed by atoms with E-state index < -0.39 is 0 Å². The average molecular weight is 303 g/mol. The molecule has 112 valence electrons. The Balaban J connectivity index is 1.81. The first-order valence-corrected chi connectivity index (χ1v) is 8.07. The Kier molecular flexibility index (Phi) is 3.63. The van der Waals surface area contributed by atoms with Gasteiger partial charge in [0, 0.05) is 29.2 Å². The Labute approximate surface area is 128 Å². The number of thiazole rings is 1. The van der Waals surface area contributed by atoms with E-state index in [1.54, 1.807) is 11.3 Å². The van der Waals surface area contributed by atoms with Crippen LogP contribution in [0.1, 0.15) is 47.1 Å². The number of nitrogens with one attached hydrogen (secondary N) is 1. The molecule has 0 aliphatic carbocycles. The maximum Gasteiger partial charge on any atom is 0.194 e. The first-order chi connectivity index (χ1) is 9.97. The number of hydrogen-bond donors (Lipinski definition) is 1. The fourth-order valence-corrected chi connectivity index (χ4v) is 3.75. The van der Waals surface area contributed by atoms with E-state index in [2.05, 4.69) is 46.9 Å². The van der Waals surface area contributed by atoms with Crippen molar-refractivity contribution in [2.75, 3.05) is 0 Å². The fourth-order valence-electron chi connectivity index (χ4n) is 2.82. The number of hydrogen-bond acceptors (Lipinski definition) is 4. The van der Waals surface area contributed by atoms with Crippen LogP contribution in [0.5, 0.6) is 0 Å². The summed E-state index contributed by atoms with van der Waals surface area (Å²) in [6, 6.07) is 2.37. The Bertz CT molecular complexity index is 781. The van der Waals surface area contributed by atoms with E-state index in [1.165, 1.54) is 17.0 Å². The van der Waals surface area contributed by atoms with Gasteiger partial charge in [-0.25, -0.2) is 4.98 Å². The molecule has 1 N–H and O–H groups in total. The highest BCUT2D eigenvalue weighted by Crippen LogP contribution is 2.23. The number of aromatic nitrogens is 2. The molecule has 21 heavy (non-hydrogen) atoms. The largest absolute Gasteiger partial charge is 0.466 e. The number of imidazole rings is 1. The second-order valence-electron chi connectivity index (χ2n) is 5.61. The lowest BCUT2D eigenvalue weighted by Crippen LogP contribution is -2.20. The van der Waals surface area contributed by atoms with E-state index in [0.717, 1.165) is 28.7 Å².